The summed E-state index contributed by atoms with van der Waals surface area (Å²) in [5.41, 5.74) is 0.752. The molecule has 0 amide bonds. The highest BCUT2D eigenvalue weighted by Gasteiger charge is 2.34. The third-order valence-corrected chi connectivity index (χ3v) is 9.21. The third kappa shape index (κ3) is 7.36. The molecule has 3 fully saturated rings. The van der Waals surface area contributed by atoms with E-state index in [0.29, 0.717) is 0 Å². The molecule has 3 saturated carbocycles. The van der Waals surface area contributed by atoms with Crippen molar-refractivity contribution in [1.82, 2.24) is 0 Å². The lowest BCUT2D eigenvalue weighted by atomic mass is 9.64. The molecule has 0 saturated heterocycles. The minimum absolute atomic E-state index is 0.752. The largest absolute Gasteiger partial charge is 0.0654 e. The van der Waals surface area contributed by atoms with Gasteiger partial charge in [0.1, 0.15) is 0 Å². The zero-order valence-electron chi connectivity index (χ0n) is 20.2. The fourth-order valence-corrected chi connectivity index (χ4v) is 6.93. The number of hydrogen-bond donors (Lipinski definition) is 0. The molecule has 0 heteroatoms. The maximum Gasteiger partial charge on any atom is -0.0300 e. The quantitative estimate of drug-likeness (QED) is 0.386. The van der Waals surface area contributed by atoms with Crippen LogP contribution in [0.3, 0.4) is 0 Å². The second-order valence-corrected chi connectivity index (χ2v) is 10.9. The first-order valence-corrected chi connectivity index (χ1v) is 13.7. The van der Waals surface area contributed by atoms with Crippen molar-refractivity contribution in [2.45, 2.75) is 150 Å². The Morgan fingerprint density at radius 2 is 1.39 bits per heavy atom. The van der Waals surface area contributed by atoms with E-state index in [1.807, 2.05) is 0 Å². The number of unbranched alkanes of at least 4 members (excludes halogenated alkanes) is 2. The second-order valence-electron chi connectivity index (χ2n) is 10.9. The van der Waals surface area contributed by atoms with E-state index in [-0.39, 0.29) is 0 Å². The van der Waals surface area contributed by atoms with Gasteiger partial charge in [-0.15, -0.1) is 0 Å². The van der Waals surface area contributed by atoms with Crippen molar-refractivity contribution >= 4 is 0 Å². The maximum atomic E-state index is 2.40. The summed E-state index contributed by atoms with van der Waals surface area (Å²) in [5.74, 6) is 4.45. The molecule has 3 aliphatic carbocycles. The lowest BCUT2D eigenvalue weighted by molar-refractivity contribution is 0.0965. The Morgan fingerprint density at radius 1 is 0.714 bits per heavy atom. The molecule has 3 unspecified atom stereocenters. The molecule has 0 radical (unpaired) electrons. The summed E-state index contributed by atoms with van der Waals surface area (Å²) in [6.45, 7) is 9.42. The zero-order chi connectivity index (χ0) is 20.2. The minimum atomic E-state index is 0.752. The number of fused-ring (bicyclic) bond motifs is 1. The van der Waals surface area contributed by atoms with Gasteiger partial charge < -0.3 is 0 Å². The number of hydrogen-bond acceptors (Lipinski definition) is 0. The molecule has 0 N–H and O–H groups in total. The Kier molecular flexibility index (Phi) is 11.6. The van der Waals surface area contributed by atoms with Gasteiger partial charge in [-0.2, -0.15) is 0 Å². The normalized spacial score (nSPS) is 35.6. The minimum Gasteiger partial charge on any atom is -0.0654 e. The van der Waals surface area contributed by atoms with E-state index in [2.05, 4.69) is 27.7 Å². The predicted octanol–water partition coefficient (Wildman–Crippen LogP) is 9.96. The highest BCUT2D eigenvalue weighted by molar-refractivity contribution is 4.85. The Hall–Kier alpha value is 0. The molecular formula is C28H54. The summed E-state index contributed by atoms with van der Waals surface area (Å²) in [6.07, 6.45) is 28.5. The first kappa shape index (κ1) is 24.3. The van der Waals surface area contributed by atoms with Crippen LogP contribution in [0.4, 0.5) is 0 Å². The van der Waals surface area contributed by atoms with Crippen LogP contribution < -0.4 is 0 Å². The van der Waals surface area contributed by atoms with Crippen molar-refractivity contribution < 1.29 is 0 Å². The molecule has 0 nitrogen and oxygen atoms in total. The van der Waals surface area contributed by atoms with Crippen molar-refractivity contribution in [3.05, 3.63) is 0 Å². The van der Waals surface area contributed by atoms with Gasteiger partial charge in [0.05, 0.1) is 0 Å². The van der Waals surface area contributed by atoms with Crippen LogP contribution in [0.2, 0.25) is 0 Å². The van der Waals surface area contributed by atoms with Crippen molar-refractivity contribution in [1.29, 1.82) is 0 Å². The van der Waals surface area contributed by atoms with E-state index in [9.17, 15) is 0 Å². The number of rotatable bonds is 8. The first-order valence-electron chi connectivity index (χ1n) is 13.7. The molecule has 28 heavy (non-hydrogen) atoms. The van der Waals surface area contributed by atoms with Crippen LogP contribution in [-0.4, -0.2) is 0 Å². The average Bonchev–Trinajstić information content (AvgIpc) is 2.77. The topological polar surface area (TPSA) is 0 Å². The van der Waals surface area contributed by atoms with Gasteiger partial charge in [-0.3, -0.25) is 0 Å². The molecule has 0 aromatic heterocycles. The summed E-state index contributed by atoms with van der Waals surface area (Å²) in [5, 5.41) is 0. The van der Waals surface area contributed by atoms with Gasteiger partial charge in [0.15, 0.2) is 0 Å². The van der Waals surface area contributed by atoms with E-state index < -0.39 is 0 Å². The summed E-state index contributed by atoms with van der Waals surface area (Å²) in [6, 6.07) is 0. The molecule has 166 valence electrons. The van der Waals surface area contributed by atoms with Gasteiger partial charge in [0.25, 0.3) is 0 Å². The highest BCUT2D eigenvalue weighted by atomic mass is 14.4. The fraction of sp³-hybridized carbons (Fsp3) is 1.00. The van der Waals surface area contributed by atoms with Crippen molar-refractivity contribution in [3.63, 3.8) is 0 Å². The van der Waals surface area contributed by atoms with Crippen LogP contribution in [-0.2, 0) is 0 Å². The van der Waals surface area contributed by atoms with E-state index in [0.717, 1.165) is 29.1 Å². The fourth-order valence-electron chi connectivity index (χ4n) is 6.93. The van der Waals surface area contributed by atoms with Gasteiger partial charge in [0, 0.05) is 0 Å². The van der Waals surface area contributed by atoms with E-state index in [1.54, 1.807) is 25.7 Å². The maximum absolute atomic E-state index is 2.40. The van der Waals surface area contributed by atoms with Crippen LogP contribution in [0.25, 0.3) is 0 Å². The highest BCUT2D eigenvalue weighted by Crippen LogP contribution is 2.46. The lowest BCUT2D eigenvalue weighted by Crippen LogP contribution is -2.30. The van der Waals surface area contributed by atoms with Crippen molar-refractivity contribution in [2.75, 3.05) is 0 Å². The standard InChI is InChI=1S/C14H26.C14H28/c1-2-3-7-12-9-6-10-13-8-4-5-11-14(12)13;1-4-7-10-14(6-3)11-8-13(5-2)9-12-14/h12-14H,2-11H2,1H3;13H,4-12H2,1-3H3. The van der Waals surface area contributed by atoms with Crippen molar-refractivity contribution in [2.24, 2.45) is 29.1 Å². The lowest BCUT2D eigenvalue weighted by Gasteiger charge is -2.41. The van der Waals surface area contributed by atoms with Crippen LogP contribution in [0.5, 0.6) is 0 Å². The van der Waals surface area contributed by atoms with E-state index >= 15 is 0 Å². The zero-order valence-corrected chi connectivity index (χ0v) is 20.2. The molecule has 3 rings (SSSR count). The second kappa shape index (κ2) is 13.3. The predicted molar refractivity (Wildman–Crippen MR) is 127 cm³/mol. The van der Waals surface area contributed by atoms with Crippen LogP contribution >= 0.6 is 0 Å². The van der Waals surface area contributed by atoms with Gasteiger partial charge in [0.2, 0.25) is 0 Å². The Labute approximate surface area is 179 Å². The van der Waals surface area contributed by atoms with Gasteiger partial charge in [-0.25, -0.2) is 0 Å². The molecule has 0 aliphatic heterocycles. The van der Waals surface area contributed by atoms with Crippen molar-refractivity contribution in [3.8, 4) is 0 Å². The van der Waals surface area contributed by atoms with Gasteiger partial charge in [-0.1, -0.05) is 111 Å². The molecule has 0 heterocycles. The average molecular weight is 391 g/mol. The Bertz CT molecular complexity index is 373. The molecule has 3 atom stereocenters. The Balaban J connectivity index is 0.000000200. The van der Waals surface area contributed by atoms with Crippen LogP contribution in [0.1, 0.15) is 150 Å². The molecule has 3 aliphatic rings. The summed E-state index contributed by atoms with van der Waals surface area (Å²) in [7, 11) is 0. The summed E-state index contributed by atoms with van der Waals surface area (Å²) >= 11 is 0. The van der Waals surface area contributed by atoms with Crippen LogP contribution in [0.15, 0.2) is 0 Å². The molecule has 0 aromatic rings. The third-order valence-electron chi connectivity index (χ3n) is 9.21. The molecular weight excluding hydrogens is 336 g/mol. The Morgan fingerprint density at radius 3 is 2.04 bits per heavy atom. The summed E-state index contributed by atoms with van der Waals surface area (Å²) in [4.78, 5) is 0. The molecule has 0 bridgehead atoms. The van der Waals surface area contributed by atoms with E-state index in [4.69, 9.17) is 0 Å². The van der Waals surface area contributed by atoms with E-state index in [1.165, 1.54) is 96.3 Å². The molecule has 0 spiro atoms. The SMILES string of the molecule is CCCCC1(CC)CCC(CC)CC1.CCCCC1CCCC2CCCCC12. The summed E-state index contributed by atoms with van der Waals surface area (Å²) < 4.78 is 0. The first-order chi connectivity index (χ1) is 13.7. The monoisotopic (exact) mass is 390 g/mol. The molecule has 0 aromatic carbocycles. The smallest absolute Gasteiger partial charge is 0.0300 e. The van der Waals surface area contributed by atoms with Gasteiger partial charge in [-0.05, 0) is 67.6 Å². The van der Waals surface area contributed by atoms with Crippen LogP contribution in [0, 0.1) is 29.1 Å². The van der Waals surface area contributed by atoms with Gasteiger partial charge >= 0.3 is 0 Å².